The number of hydrogen-bond donors (Lipinski definition) is 0. The zero-order valence-electron chi connectivity index (χ0n) is 12.8. The molecule has 1 aliphatic heterocycles. The van der Waals surface area contributed by atoms with E-state index in [0.29, 0.717) is 19.6 Å². The van der Waals surface area contributed by atoms with Crippen LogP contribution in [-0.4, -0.2) is 26.9 Å². The number of aryl methyl sites for hydroxylation is 2. The average Bonchev–Trinajstić information content (AvgIpc) is 2.65. The number of unbranched alkanes of at least 4 members (excludes halogenated alkanes) is 2. The van der Waals surface area contributed by atoms with Gasteiger partial charge in [0.2, 0.25) is 0 Å². The van der Waals surface area contributed by atoms with Crippen LogP contribution in [-0.2, 0) is 29.0 Å². The Labute approximate surface area is 125 Å². The molecule has 0 bridgehead atoms. The molecule has 118 valence electrons. The molecule has 2 rings (SSSR count). The highest BCUT2D eigenvalue weighted by Crippen LogP contribution is 2.10. The lowest BCUT2D eigenvalue weighted by Gasteiger charge is -2.02. The largest absolute Gasteiger partial charge is 0.466 e. The average molecular weight is 295 g/mol. The van der Waals surface area contributed by atoms with Gasteiger partial charge in [-0.1, -0.05) is 12.8 Å². The highest BCUT2D eigenvalue weighted by molar-refractivity contribution is 5.69. The lowest BCUT2D eigenvalue weighted by Crippen LogP contribution is -2.25. The summed E-state index contributed by atoms with van der Waals surface area (Å²) in [5, 5.41) is 4.45. The van der Waals surface area contributed by atoms with Crippen LogP contribution in [0.25, 0.3) is 0 Å². The first-order chi connectivity index (χ1) is 10.2. The van der Waals surface area contributed by atoms with Gasteiger partial charge in [0.25, 0.3) is 0 Å². The van der Waals surface area contributed by atoms with Crippen molar-refractivity contribution in [3.63, 3.8) is 0 Å². The maximum absolute atomic E-state index is 12.2. The zero-order valence-corrected chi connectivity index (χ0v) is 12.8. The molecule has 0 N–H and O–H groups in total. The highest BCUT2D eigenvalue weighted by atomic mass is 16.5. The van der Waals surface area contributed by atoms with E-state index in [-0.39, 0.29) is 11.7 Å². The molecule has 0 amide bonds. The van der Waals surface area contributed by atoms with Gasteiger partial charge in [0.1, 0.15) is 5.82 Å². The fourth-order valence-electron chi connectivity index (χ4n) is 2.71. The van der Waals surface area contributed by atoms with Crippen LogP contribution in [0.1, 0.15) is 57.7 Å². The van der Waals surface area contributed by atoms with Crippen LogP contribution in [0.2, 0.25) is 0 Å². The standard InChI is InChI=1S/C15H25N3O3/c1-2-21-14(19)10-6-4-8-12-18-15(20)17-11-7-3-5-9-13(17)16-18/h2-12H2,1H3. The van der Waals surface area contributed by atoms with Gasteiger partial charge in [-0.15, -0.1) is 0 Å². The normalized spacial score (nSPS) is 14.5. The van der Waals surface area contributed by atoms with Crippen molar-refractivity contribution in [2.45, 2.75) is 71.4 Å². The van der Waals surface area contributed by atoms with Crippen molar-refractivity contribution in [3.8, 4) is 0 Å². The molecule has 6 heteroatoms. The van der Waals surface area contributed by atoms with Crippen LogP contribution in [0.5, 0.6) is 0 Å². The molecular formula is C15H25N3O3. The third-order valence-corrected chi connectivity index (χ3v) is 3.84. The van der Waals surface area contributed by atoms with Crippen molar-refractivity contribution in [1.82, 2.24) is 14.3 Å². The molecule has 6 nitrogen and oxygen atoms in total. The first-order valence-corrected chi connectivity index (χ1v) is 8.04. The molecule has 2 heterocycles. The van der Waals surface area contributed by atoms with E-state index in [4.69, 9.17) is 4.74 Å². The third-order valence-electron chi connectivity index (χ3n) is 3.84. The number of carbonyl (C=O) groups excluding carboxylic acids is 1. The molecule has 0 saturated carbocycles. The second-order valence-corrected chi connectivity index (χ2v) is 5.50. The number of carbonyl (C=O) groups is 1. The van der Waals surface area contributed by atoms with Gasteiger partial charge in [0.05, 0.1) is 6.61 Å². The monoisotopic (exact) mass is 295 g/mol. The van der Waals surface area contributed by atoms with Crippen LogP contribution < -0.4 is 5.69 Å². The van der Waals surface area contributed by atoms with Gasteiger partial charge in [0, 0.05) is 25.9 Å². The Kier molecular flexibility index (Phi) is 6.02. The Bertz CT molecular complexity index is 519. The smallest absolute Gasteiger partial charge is 0.345 e. The quantitative estimate of drug-likeness (QED) is 0.569. The van der Waals surface area contributed by atoms with Crippen LogP contribution in [0.15, 0.2) is 4.79 Å². The summed E-state index contributed by atoms with van der Waals surface area (Å²) in [6.07, 6.45) is 7.32. The van der Waals surface area contributed by atoms with E-state index in [2.05, 4.69) is 5.10 Å². The molecule has 21 heavy (non-hydrogen) atoms. The Morgan fingerprint density at radius 3 is 2.90 bits per heavy atom. The summed E-state index contributed by atoms with van der Waals surface area (Å²) in [5.74, 6) is 0.799. The Balaban J connectivity index is 1.76. The van der Waals surface area contributed by atoms with Crippen molar-refractivity contribution in [2.75, 3.05) is 6.61 Å². The minimum atomic E-state index is -0.136. The molecule has 0 spiro atoms. The first kappa shape index (κ1) is 15.8. The number of fused-ring (bicyclic) bond motifs is 1. The predicted molar refractivity (Wildman–Crippen MR) is 79.1 cm³/mol. The minimum absolute atomic E-state index is 0.0253. The number of rotatable bonds is 7. The lowest BCUT2D eigenvalue weighted by molar-refractivity contribution is -0.143. The maximum atomic E-state index is 12.2. The minimum Gasteiger partial charge on any atom is -0.466 e. The maximum Gasteiger partial charge on any atom is 0.345 e. The van der Waals surface area contributed by atoms with Crippen molar-refractivity contribution < 1.29 is 9.53 Å². The molecule has 0 radical (unpaired) electrons. The van der Waals surface area contributed by atoms with Crippen molar-refractivity contribution in [3.05, 3.63) is 16.3 Å². The summed E-state index contributed by atoms with van der Waals surface area (Å²) in [6.45, 7) is 3.69. The van der Waals surface area contributed by atoms with Crippen LogP contribution in [0, 0.1) is 0 Å². The van der Waals surface area contributed by atoms with Gasteiger partial charge in [-0.05, 0) is 32.6 Å². The predicted octanol–water partition coefficient (Wildman–Crippen LogP) is 1.89. The van der Waals surface area contributed by atoms with Gasteiger partial charge in [-0.2, -0.15) is 5.10 Å². The summed E-state index contributed by atoms with van der Waals surface area (Å²) in [7, 11) is 0. The van der Waals surface area contributed by atoms with Crippen LogP contribution in [0.3, 0.4) is 0 Å². The van der Waals surface area contributed by atoms with Gasteiger partial charge >= 0.3 is 11.7 Å². The van der Waals surface area contributed by atoms with E-state index in [0.717, 1.165) is 50.9 Å². The molecule has 0 unspecified atom stereocenters. The molecule has 1 aromatic rings. The summed E-state index contributed by atoms with van der Waals surface area (Å²) < 4.78 is 8.30. The van der Waals surface area contributed by atoms with Gasteiger partial charge in [-0.3, -0.25) is 9.36 Å². The van der Waals surface area contributed by atoms with Crippen molar-refractivity contribution >= 4 is 5.97 Å². The van der Waals surface area contributed by atoms with E-state index in [1.807, 2.05) is 11.5 Å². The Hall–Kier alpha value is -1.59. The second kappa shape index (κ2) is 8.00. The number of hydrogen-bond acceptors (Lipinski definition) is 4. The number of aromatic nitrogens is 3. The molecular weight excluding hydrogens is 270 g/mol. The van der Waals surface area contributed by atoms with E-state index in [9.17, 15) is 9.59 Å². The number of esters is 1. The summed E-state index contributed by atoms with van der Waals surface area (Å²) >= 11 is 0. The van der Waals surface area contributed by atoms with E-state index in [1.54, 1.807) is 4.68 Å². The van der Waals surface area contributed by atoms with Crippen molar-refractivity contribution in [2.24, 2.45) is 0 Å². The van der Waals surface area contributed by atoms with Gasteiger partial charge in [-0.25, -0.2) is 9.48 Å². The van der Waals surface area contributed by atoms with E-state index >= 15 is 0 Å². The topological polar surface area (TPSA) is 66.1 Å². The van der Waals surface area contributed by atoms with Gasteiger partial charge in [0.15, 0.2) is 0 Å². The van der Waals surface area contributed by atoms with E-state index < -0.39 is 0 Å². The summed E-state index contributed by atoms with van der Waals surface area (Å²) in [6, 6.07) is 0. The van der Waals surface area contributed by atoms with E-state index in [1.165, 1.54) is 6.42 Å². The molecule has 1 aliphatic rings. The number of nitrogens with zero attached hydrogens (tertiary/aromatic N) is 3. The molecule has 0 fully saturated rings. The third kappa shape index (κ3) is 4.44. The number of ether oxygens (including phenoxy) is 1. The Morgan fingerprint density at radius 2 is 2.10 bits per heavy atom. The van der Waals surface area contributed by atoms with Crippen LogP contribution in [0.4, 0.5) is 0 Å². The zero-order chi connectivity index (χ0) is 15.1. The van der Waals surface area contributed by atoms with Gasteiger partial charge < -0.3 is 4.74 Å². The second-order valence-electron chi connectivity index (χ2n) is 5.50. The molecule has 1 aromatic heterocycles. The molecule has 0 atom stereocenters. The molecule has 0 aliphatic carbocycles. The SMILES string of the molecule is CCOC(=O)CCCCCn1nc2n(c1=O)CCCCC2. The highest BCUT2D eigenvalue weighted by Gasteiger charge is 2.15. The Morgan fingerprint density at radius 1 is 1.24 bits per heavy atom. The molecule has 0 saturated heterocycles. The summed E-state index contributed by atoms with van der Waals surface area (Å²) in [4.78, 5) is 23.4. The first-order valence-electron chi connectivity index (χ1n) is 8.04. The van der Waals surface area contributed by atoms with Crippen LogP contribution >= 0.6 is 0 Å². The summed E-state index contributed by atoms with van der Waals surface area (Å²) in [5.41, 5.74) is 0.0253. The molecule has 0 aromatic carbocycles. The fourth-order valence-corrected chi connectivity index (χ4v) is 2.71. The lowest BCUT2D eigenvalue weighted by atomic mass is 10.2. The fraction of sp³-hybridized carbons (Fsp3) is 0.800. The van der Waals surface area contributed by atoms with Crippen molar-refractivity contribution in [1.29, 1.82) is 0 Å².